The van der Waals surface area contributed by atoms with Crippen LogP contribution in [0.3, 0.4) is 0 Å². The number of alkyl halides is 3. The minimum absolute atomic E-state index is 0.0639. The number of hydrogen-bond acceptors (Lipinski definition) is 3. The summed E-state index contributed by atoms with van der Waals surface area (Å²) < 4.78 is 37.9. The number of carbonyl (C=O) groups excluding carboxylic acids is 1. The number of rotatable bonds is 7. The minimum atomic E-state index is -4.33. The van der Waals surface area contributed by atoms with Crippen LogP contribution in [0, 0.1) is 0 Å². The molecule has 0 saturated carbocycles. The van der Waals surface area contributed by atoms with E-state index in [-0.39, 0.29) is 18.5 Å². The maximum Gasteiger partial charge on any atom is 0.416 e. The van der Waals surface area contributed by atoms with Crippen molar-refractivity contribution < 1.29 is 18.0 Å². The topological polar surface area (TPSA) is 35.6 Å². The molecule has 156 valence electrons. The molecule has 1 saturated heterocycles. The van der Waals surface area contributed by atoms with E-state index >= 15 is 0 Å². The van der Waals surface area contributed by atoms with Gasteiger partial charge < -0.3 is 5.32 Å². The van der Waals surface area contributed by atoms with Crippen LogP contribution in [-0.4, -0.2) is 48.4 Å². The molecule has 4 nitrogen and oxygen atoms in total. The third kappa shape index (κ3) is 6.58. The van der Waals surface area contributed by atoms with Crippen molar-refractivity contribution in [1.29, 1.82) is 0 Å². The number of nitrogens with one attached hydrogen (secondary N) is 1. The van der Waals surface area contributed by atoms with Crippen molar-refractivity contribution in [1.82, 2.24) is 15.1 Å². The number of amides is 1. The zero-order valence-corrected chi connectivity index (χ0v) is 16.5. The summed E-state index contributed by atoms with van der Waals surface area (Å²) in [6.07, 6.45) is -3.42. The smallest absolute Gasteiger partial charge is 0.351 e. The summed E-state index contributed by atoms with van der Waals surface area (Å²) in [5.41, 5.74) is 1.34. The summed E-state index contributed by atoms with van der Waals surface area (Å²) in [5, 5.41) is 3.07. The van der Waals surface area contributed by atoms with Crippen LogP contribution in [0.25, 0.3) is 0 Å². The van der Waals surface area contributed by atoms with Gasteiger partial charge in [0, 0.05) is 32.2 Å². The molecule has 1 N–H and O–H groups in total. The molecular formula is C22H26F3N3O. The maximum atomic E-state index is 12.6. The molecule has 3 rings (SSSR count). The Morgan fingerprint density at radius 1 is 1.10 bits per heavy atom. The number of nitrogens with zero attached hydrogens (tertiary/aromatic N) is 2. The average Bonchev–Trinajstić information content (AvgIpc) is 3.08. The lowest BCUT2D eigenvalue weighted by molar-refractivity contribution is -0.137. The first-order valence-corrected chi connectivity index (χ1v) is 9.70. The van der Waals surface area contributed by atoms with Crippen LogP contribution >= 0.6 is 0 Å². The van der Waals surface area contributed by atoms with Gasteiger partial charge in [-0.1, -0.05) is 42.5 Å². The van der Waals surface area contributed by atoms with Gasteiger partial charge in [-0.15, -0.1) is 0 Å². The van der Waals surface area contributed by atoms with E-state index in [1.165, 1.54) is 17.7 Å². The Balaban J connectivity index is 1.41. The lowest BCUT2D eigenvalue weighted by atomic mass is 10.1. The summed E-state index contributed by atoms with van der Waals surface area (Å²) in [6.45, 7) is 3.26. The Hall–Kier alpha value is -2.38. The van der Waals surface area contributed by atoms with E-state index in [0.29, 0.717) is 6.54 Å². The lowest BCUT2D eigenvalue weighted by Crippen LogP contribution is -2.42. The number of benzene rings is 2. The Labute approximate surface area is 169 Å². The SMILES string of the molecule is CN(CC(=O)N[C@@H]1CCN(Cc2ccccc2)C1)Cc1ccc(C(F)(F)F)cc1. The summed E-state index contributed by atoms with van der Waals surface area (Å²) in [5.74, 6) is -0.0639. The molecule has 0 aliphatic carbocycles. The van der Waals surface area contributed by atoms with Crippen LogP contribution < -0.4 is 5.32 Å². The zero-order valence-electron chi connectivity index (χ0n) is 16.5. The average molecular weight is 405 g/mol. The highest BCUT2D eigenvalue weighted by Gasteiger charge is 2.30. The van der Waals surface area contributed by atoms with E-state index in [0.717, 1.165) is 43.8 Å². The van der Waals surface area contributed by atoms with Crippen molar-refractivity contribution in [2.45, 2.75) is 31.7 Å². The zero-order chi connectivity index (χ0) is 20.9. The molecule has 0 radical (unpaired) electrons. The summed E-state index contributed by atoms with van der Waals surface area (Å²) in [4.78, 5) is 16.5. The molecule has 1 aliphatic heterocycles. The summed E-state index contributed by atoms with van der Waals surface area (Å²) >= 11 is 0. The monoisotopic (exact) mass is 405 g/mol. The van der Waals surface area contributed by atoms with Crippen LogP contribution in [0.5, 0.6) is 0 Å². The summed E-state index contributed by atoms with van der Waals surface area (Å²) in [7, 11) is 1.79. The molecule has 29 heavy (non-hydrogen) atoms. The molecule has 1 aliphatic rings. The Bertz CT molecular complexity index is 793. The van der Waals surface area contributed by atoms with E-state index in [1.54, 1.807) is 11.9 Å². The molecule has 1 atom stereocenters. The fourth-order valence-corrected chi connectivity index (χ4v) is 3.62. The van der Waals surface area contributed by atoms with Gasteiger partial charge in [-0.05, 0) is 36.7 Å². The van der Waals surface area contributed by atoms with Crippen molar-refractivity contribution in [3.8, 4) is 0 Å². The molecule has 2 aromatic rings. The maximum absolute atomic E-state index is 12.6. The second-order valence-electron chi connectivity index (χ2n) is 7.64. The van der Waals surface area contributed by atoms with Gasteiger partial charge in [-0.2, -0.15) is 13.2 Å². The van der Waals surface area contributed by atoms with Crippen LogP contribution in [0.4, 0.5) is 13.2 Å². The highest BCUT2D eigenvalue weighted by Crippen LogP contribution is 2.29. The third-order valence-corrected chi connectivity index (χ3v) is 5.03. The van der Waals surface area contributed by atoms with Crippen molar-refractivity contribution in [2.75, 3.05) is 26.7 Å². The second-order valence-corrected chi connectivity index (χ2v) is 7.64. The minimum Gasteiger partial charge on any atom is -0.351 e. The molecular weight excluding hydrogens is 379 g/mol. The number of hydrogen-bond donors (Lipinski definition) is 1. The molecule has 1 heterocycles. The van der Waals surface area contributed by atoms with Gasteiger partial charge in [0.05, 0.1) is 12.1 Å². The molecule has 0 unspecified atom stereocenters. The normalized spacial score (nSPS) is 17.6. The van der Waals surface area contributed by atoms with Crippen molar-refractivity contribution in [3.05, 3.63) is 71.3 Å². The summed E-state index contributed by atoms with van der Waals surface area (Å²) in [6, 6.07) is 15.4. The van der Waals surface area contributed by atoms with E-state index in [2.05, 4.69) is 22.3 Å². The Morgan fingerprint density at radius 2 is 1.79 bits per heavy atom. The Morgan fingerprint density at radius 3 is 2.45 bits per heavy atom. The van der Waals surface area contributed by atoms with Gasteiger partial charge in [0.2, 0.25) is 5.91 Å². The predicted molar refractivity (Wildman–Crippen MR) is 106 cm³/mol. The van der Waals surface area contributed by atoms with Gasteiger partial charge in [-0.3, -0.25) is 14.6 Å². The second kappa shape index (κ2) is 9.41. The highest BCUT2D eigenvalue weighted by atomic mass is 19.4. The van der Waals surface area contributed by atoms with Crippen molar-refractivity contribution in [3.63, 3.8) is 0 Å². The van der Waals surface area contributed by atoms with Gasteiger partial charge in [-0.25, -0.2) is 0 Å². The third-order valence-electron chi connectivity index (χ3n) is 5.03. The van der Waals surface area contributed by atoms with Crippen LogP contribution in [0.2, 0.25) is 0 Å². The van der Waals surface area contributed by atoms with Crippen LogP contribution in [0.15, 0.2) is 54.6 Å². The first-order chi connectivity index (χ1) is 13.8. The number of carbonyl (C=O) groups is 1. The fraction of sp³-hybridized carbons (Fsp3) is 0.409. The van der Waals surface area contributed by atoms with Gasteiger partial charge >= 0.3 is 6.18 Å². The molecule has 2 aromatic carbocycles. The first-order valence-electron chi connectivity index (χ1n) is 9.70. The predicted octanol–water partition coefficient (Wildman–Crippen LogP) is 3.53. The molecule has 1 fully saturated rings. The van der Waals surface area contributed by atoms with E-state index in [4.69, 9.17) is 0 Å². The highest BCUT2D eigenvalue weighted by molar-refractivity contribution is 5.78. The van der Waals surface area contributed by atoms with Crippen molar-refractivity contribution in [2.24, 2.45) is 0 Å². The van der Waals surface area contributed by atoms with Crippen LogP contribution in [-0.2, 0) is 24.1 Å². The quantitative estimate of drug-likeness (QED) is 0.766. The van der Waals surface area contributed by atoms with E-state index < -0.39 is 11.7 Å². The largest absolute Gasteiger partial charge is 0.416 e. The Kier molecular flexibility index (Phi) is 6.92. The standard InChI is InChI=1S/C22H26F3N3O/c1-27(13-18-7-9-19(10-8-18)22(23,24)25)16-21(29)26-20-11-12-28(15-20)14-17-5-3-2-4-6-17/h2-10,20H,11-16H2,1H3,(H,26,29)/t20-/m1/s1. The number of likely N-dealkylation sites (tertiary alicyclic amines) is 1. The number of likely N-dealkylation sites (N-methyl/N-ethyl adjacent to an activating group) is 1. The fourth-order valence-electron chi connectivity index (χ4n) is 3.62. The van der Waals surface area contributed by atoms with Crippen LogP contribution in [0.1, 0.15) is 23.1 Å². The van der Waals surface area contributed by atoms with E-state index in [1.807, 2.05) is 18.2 Å². The number of halogens is 3. The molecule has 0 bridgehead atoms. The molecule has 1 amide bonds. The van der Waals surface area contributed by atoms with Gasteiger partial charge in [0.25, 0.3) is 0 Å². The van der Waals surface area contributed by atoms with E-state index in [9.17, 15) is 18.0 Å². The molecule has 0 aromatic heterocycles. The lowest BCUT2D eigenvalue weighted by Gasteiger charge is -2.20. The molecule has 0 spiro atoms. The van der Waals surface area contributed by atoms with Gasteiger partial charge in [0.1, 0.15) is 0 Å². The molecule has 7 heteroatoms. The first kappa shape index (κ1) is 21.3. The van der Waals surface area contributed by atoms with Gasteiger partial charge in [0.15, 0.2) is 0 Å². The van der Waals surface area contributed by atoms with Crippen molar-refractivity contribution >= 4 is 5.91 Å².